The van der Waals surface area contributed by atoms with Gasteiger partial charge >= 0.3 is 0 Å². The van der Waals surface area contributed by atoms with E-state index >= 15 is 0 Å². The lowest BCUT2D eigenvalue weighted by atomic mass is 9.55. The minimum absolute atomic E-state index is 0.0884. The first-order valence-corrected chi connectivity index (χ1v) is 6.72. The van der Waals surface area contributed by atoms with Gasteiger partial charge in [0.1, 0.15) is 0 Å². The lowest BCUT2D eigenvalue weighted by Gasteiger charge is -2.52. The van der Waals surface area contributed by atoms with Crippen molar-refractivity contribution >= 4 is 5.78 Å². The maximum absolute atomic E-state index is 11.7. The lowest BCUT2D eigenvalue weighted by Crippen LogP contribution is -2.52. The van der Waals surface area contributed by atoms with Gasteiger partial charge in [0.25, 0.3) is 0 Å². The van der Waals surface area contributed by atoms with Crippen molar-refractivity contribution in [2.45, 2.75) is 59.0 Å². The van der Waals surface area contributed by atoms with Crippen LogP contribution >= 0.6 is 0 Å². The van der Waals surface area contributed by atoms with Gasteiger partial charge in [-0.3, -0.25) is 4.79 Å². The molecule has 17 heavy (non-hydrogen) atoms. The van der Waals surface area contributed by atoms with Gasteiger partial charge in [0.2, 0.25) is 0 Å². The predicted molar refractivity (Wildman–Crippen MR) is 68.6 cm³/mol. The first-order chi connectivity index (χ1) is 7.76. The van der Waals surface area contributed by atoms with Crippen molar-refractivity contribution in [2.75, 3.05) is 0 Å². The standard InChI is InChI=1S/C15H24O2/c1-10(2)11-5-6-12-7-13(16)9-15(4,17)14(12,3)8-11/h7,10-11,17H,5-6,8-9H2,1-4H3. The summed E-state index contributed by atoms with van der Waals surface area (Å²) in [6.07, 6.45) is 5.22. The molecular weight excluding hydrogens is 212 g/mol. The van der Waals surface area contributed by atoms with Gasteiger partial charge in [0.05, 0.1) is 5.60 Å². The number of ketones is 1. The van der Waals surface area contributed by atoms with Crippen LogP contribution < -0.4 is 0 Å². The summed E-state index contributed by atoms with van der Waals surface area (Å²) in [5.41, 5.74) is 0.103. The molecule has 2 aliphatic rings. The second-order valence-electron chi connectivity index (χ2n) is 6.67. The van der Waals surface area contributed by atoms with Crippen LogP contribution in [0.15, 0.2) is 11.6 Å². The van der Waals surface area contributed by atoms with Crippen molar-refractivity contribution in [3.05, 3.63) is 11.6 Å². The Morgan fingerprint density at radius 3 is 2.65 bits per heavy atom. The maximum atomic E-state index is 11.7. The summed E-state index contributed by atoms with van der Waals surface area (Å²) in [6.45, 7) is 8.48. The van der Waals surface area contributed by atoms with Crippen molar-refractivity contribution in [1.82, 2.24) is 0 Å². The number of fused-ring (bicyclic) bond motifs is 1. The molecule has 2 rings (SSSR count). The zero-order valence-electron chi connectivity index (χ0n) is 11.4. The monoisotopic (exact) mass is 236 g/mol. The molecular formula is C15H24O2. The zero-order chi connectivity index (χ0) is 12.8. The number of hydrogen-bond donors (Lipinski definition) is 1. The minimum atomic E-state index is -0.873. The molecule has 0 radical (unpaired) electrons. The molecule has 0 aromatic heterocycles. The van der Waals surface area contributed by atoms with Crippen molar-refractivity contribution in [2.24, 2.45) is 17.3 Å². The van der Waals surface area contributed by atoms with Gasteiger partial charge in [-0.15, -0.1) is 0 Å². The number of carbonyl (C=O) groups excluding carboxylic acids is 1. The lowest BCUT2D eigenvalue weighted by molar-refractivity contribution is -0.129. The predicted octanol–water partition coefficient (Wildman–Crippen LogP) is 3.10. The van der Waals surface area contributed by atoms with E-state index in [0.29, 0.717) is 11.8 Å². The van der Waals surface area contributed by atoms with Crippen LogP contribution in [0.3, 0.4) is 0 Å². The number of aliphatic hydroxyl groups is 1. The van der Waals surface area contributed by atoms with Gasteiger partial charge in [0, 0.05) is 11.8 Å². The first-order valence-electron chi connectivity index (χ1n) is 6.72. The smallest absolute Gasteiger partial charge is 0.158 e. The van der Waals surface area contributed by atoms with Crippen LogP contribution in [0.5, 0.6) is 0 Å². The third-order valence-corrected chi connectivity index (χ3v) is 5.15. The molecule has 0 aliphatic heterocycles. The molecule has 0 aromatic rings. The Bertz CT molecular complexity index is 365. The number of rotatable bonds is 1. The van der Waals surface area contributed by atoms with Crippen LogP contribution in [0.25, 0.3) is 0 Å². The van der Waals surface area contributed by atoms with E-state index in [1.165, 1.54) is 5.57 Å². The van der Waals surface area contributed by atoms with Crippen LogP contribution in [0.2, 0.25) is 0 Å². The number of carbonyl (C=O) groups is 1. The van der Waals surface area contributed by atoms with Gasteiger partial charge in [-0.1, -0.05) is 26.3 Å². The second kappa shape index (κ2) is 3.94. The summed E-state index contributed by atoms with van der Waals surface area (Å²) in [6, 6.07) is 0. The second-order valence-corrected chi connectivity index (χ2v) is 6.67. The summed E-state index contributed by atoms with van der Waals surface area (Å²) in [4.78, 5) is 11.7. The molecule has 2 heteroatoms. The molecule has 1 N–H and O–H groups in total. The van der Waals surface area contributed by atoms with Gasteiger partial charge in [-0.2, -0.15) is 0 Å². The Morgan fingerprint density at radius 1 is 1.41 bits per heavy atom. The molecule has 0 amide bonds. The van der Waals surface area contributed by atoms with E-state index in [2.05, 4.69) is 20.8 Å². The van der Waals surface area contributed by atoms with E-state index in [0.717, 1.165) is 19.3 Å². The van der Waals surface area contributed by atoms with E-state index < -0.39 is 5.60 Å². The average Bonchev–Trinajstić information content (AvgIpc) is 2.18. The first kappa shape index (κ1) is 12.8. The number of allylic oxidation sites excluding steroid dienone is 1. The van der Waals surface area contributed by atoms with Crippen LogP contribution in [0, 0.1) is 17.3 Å². The third kappa shape index (κ3) is 1.97. The zero-order valence-corrected chi connectivity index (χ0v) is 11.4. The Balaban J connectivity index is 2.36. The topological polar surface area (TPSA) is 37.3 Å². The fourth-order valence-corrected chi connectivity index (χ4v) is 3.52. The molecule has 0 spiro atoms. The van der Waals surface area contributed by atoms with Crippen LogP contribution in [-0.4, -0.2) is 16.5 Å². The fourth-order valence-electron chi connectivity index (χ4n) is 3.52. The molecule has 0 aromatic carbocycles. The summed E-state index contributed by atoms with van der Waals surface area (Å²) < 4.78 is 0. The van der Waals surface area contributed by atoms with Gasteiger partial charge in [-0.05, 0) is 44.1 Å². The average molecular weight is 236 g/mol. The quantitative estimate of drug-likeness (QED) is 0.759. The normalized spacial score (nSPS) is 42.4. The van der Waals surface area contributed by atoms with Gasteiger partial charge in [-0.25, -0.2) is 0 Å². The molecule has 1 saturated carbocycles. The van der Waals surface area contributed by atoms with Crippen molar-refractivity contribution in [1.29, 1.82) is 0 Å². The highest BCUT2D eigenvalue weighted by atomic mass is 16.3. The van der Waals surface area contributed by atoms with E-state index in [1.807, 2.05) is 6.92 Å². The van der Waals surface area contributed by atoms with E-state index in [9.17, 15) is 9.90 Å². The molecule has 1 fully saturated rings. The van der Waals surface area contributed by atoms with Crippen molar-refractivity contribution in [3.8, 4) is 0 Å². The van der Waals surface area contributed by atoms with Crippen LogP contribution in [0.1, 0.15) is 53.4 Å². The molecule has 0 saturated heterocycles. The fraction of sp³-hybridized carbons (Fsp3) is 0.800. The Hall–Kier alpha value is -0.630. The molecule has 2 aliphatic carbocycles. The number of hydrogen-bond acceptors (Lipinski definition) is 2. The molecule has 3 unspecified atom stereocenters. The third-order valence-electron chi connectivity index (χ3n) is 5.15. The maximum Gasteiger partial charge on any atom is 0.158 e. The summed E-state index contributed by atoms with van der Waals surface area (Å²) >= 11 is 0. The highest BCUT2D eigenvalue weighted by Gasteiger charge is 2.52. The molecule has 3 atom stereocenters. The van der Waals surface area contributed by atoms with Crippen molar-refractivity contribution < 1.29 is 9.90 Å². The SMILES string of the molecule is CC(C)C1CCC2=CC(=O)CC(C)(O)C2(C)C1. The Kier molecular flexibility index (Phi) is 2.97. The molecule has 96 valence electrons. The highest BCUT2D eigenvalue weighted by Crippen LogP contribution is 2.54. The Labute approximate surface area is 104 Å². The Morgan fingerprint density at radius 2 is 2.06 bits per heavy atom. The van der Waals surface area contributed by atoms with Crippen molar-refractivity contribution in [3.63, 3.8) is 0 Å². The molecule has 2 nitrogen and oxygen atoms in total. The van der Waals surface area contributed by atoms with Crippen LogP contribution in [0.4, 0.5) is 0 Å². The van der Waals surface area contributed by atoms with E-state index in [1.54, 1.807) is 6.08 Å². The minimum Gasteiger partial charge on any atom is -0.389 e. The van der Waals surface area contributed by atoms with E-state index in [4.69, 9.17) is 0 Å². The van der Waals surface area contributed by atoms with Gasteiger partial charge in [0.15, 0.2) is 5.78 Å². The summed E-state index contributed by atoms with van der Waals surface area (Å²) in [5.74, 6) is 1.41. The largest absolute Gasteiger partial charge is 0.389 e. The summed E-state index contributed by atoms with van der Waals surface area (Å²) in [7, 11) is 0. The molecule has 0 heterocycles. The van der Waals surface area contributed by atoms with Gasteiger partial charge < -0.3 is 5.11 Å². The van der Waals surface area contributed by atoms with Crippen LogP contribution in [-0.2, 0) is 4.79 Å². The van der Waals surface area contributed by atoms with E-state index in [-0.39, 0.29) is 17.6 Å². The highest BCUT2D eigenvalue weighted by molar-refractivity contribution is 5.92. The molecule has 0 bridgehead atoms. The summed E-state index contributed by atoms with van der Waals surface area (Å²) in [5, 5.41) is 10.6.